The molecule has 1 aromatic heterocycles. The van der Waals surface area contributed by atoms with Gasteiger partial charge in [-0.15, -0.1) is 24.0 Å². The Hall–Kier alpha value is -2.37. The zero-order chi connectivity index (χ0) is 21.1. The van der Waals surface area contributed by atoms with E-state index in [9.17, 15) is 8.78 Å². The Balaban J connectivity index is 0.00000450. The molecule has 0 spiro atoms. The number of para-hydroxylation sites is 1. The number of ether oxygens (including phenoxy) is 3. The fraction of sp³-hybridized carbons (Fsp3) is 0.400. The molecule has 0 fully saturated rings. The van der Waals surface area contributed by atoms with Crippen LogP contribution >= 0.6 is 24.0 Å². The molecule has 2 aromatic rings. The first-order chi connectivity index (χ1) is 14.1. The third-order valence-electron chi connectivity index (χ3n) is 3.78. The standard InChI is InChI=1S/C20H26F2N4O3.HI/c1-4-23-20(25-12-14-9-10-17(27-3)24-11-14)26-13-15-7-6-8-16(28-5-2)18(15)29-19(21)22;/h6-11,19H,4-5,12-13H2,1-3H3,(H2,23,25,26);1H. The van der Waals surface area contributed by atoms with Crippen molar-refractivity contribution in [3.05, 3.63) is 47.7 Å². The van der Waals surface area contributed by atoms with Gasteiger partial charge in [-0.1, -0.05) is 18.2 Å². The molecular weight excluding hydrogens is 509 g/mol. The van der Waals surface area contributed by atoms with E-state index in [1.807, 2.05) is 13.0 Å². The van der Waals surface area contributed by atoms with Gasteiger partial charge >= 0.3 is 6.61 Å². The van der Waals surface area contributed by atoms with E-state index >= 15 is 0 Å². The minimum Gasteiger partial charge on any atom is -0.490 e. The fourth-order valence-electron chi connectivity index (χ4n) is 2.51. The van der Waals surface area contributed by atoms with Crippen molar-refractivity contribution in [2.45, 2.75) is 33.5 Å². The van der Waals surface area contributed by atoms with Gasteiger partial charge in [-0.3, -0.25) is 0 Å². The van der Waals surface area contributed by atoms with Gasteiger partial charge in [0, 0.05) is 30.9 Å². The van der Waals surface area contributed by atoms with Crippen molar-refractivity contribution >= 4 is 29.9 Å². The topological polar surface area (TPSA) is 77.0 Å². The van der Waals surface area contributed by atoms with E-state index in [1.54, 1.807) is 44.5 Å². The maximum atomic E-state index is 12.9. The number of aromatic nitrogens is 1. The first kappa shape index (κ1) is 25.7. The summed E-state index contributed by atoms with van der Waals surface area (Å²) in [5.74, 6) is 1.36. The van der Waals surface area contributed by atoms with Crippen LogP contribution in [0.3, 0.4) is 0 Å². The van der Waals surface area contributed by atoms with E-state index in [1.165, 1.54) is 0 Å². The lowest BCUT2D eigenvalue weighted by Gasteiger charge is -2.17. The van der Waals surface area contributed by atoms with Gasteiger partial charge in [-0.05, 0) is 25.5 Å². The number of benzene rings is 1. The van der Waals surface area contributed by atoms with Crippen LogP contribution in [-0.4, -0.2) is 37.8 Å². The third-order valence-corrected chi connectivity index (χ3v) is 3.78. The molecule has 0 aliphatic carbocycles. The number of hydrogen-bond donors (Lipinski definition) is 2. The molecule has 0 aliphatic rings. The molecule has 0 bridgehead atoms. The van der Waals surface area contributed by atoms with Crippen LogP contribution in [0.4, 0.5) is 8.78 Å². The van der Waals surface area contributed by atoms with Gasteiger partial charge in [-0.25, -0.2) is 9.98 Å². The number of rotatable bonds is 10. The largest absolute Gasteiger partial charge is 0.490 e. The molecule has 0 radical (unpaired) electrons. The predicted octanol–water partition coefficient (Wildman–Crippen LogP) is 3.96. The summed E-state index contributed by atoms with van der Waals surface area (Å²) in [5, 5.41) is 6.25. The number of methoxy groups -OCH3 is 1. The molecule has 0 saturated heterocycles. The number of pyridine rings is 1. The normalized spacial score (nSPS) is 10.9. The number of halogens is 3. The fourth-order valence-corrected chi connectivity index (χ4v) is 2.51. The Morgan fingerprint density at radius 2 is 1.97 bits per heavy atom. The second-order valence-corrected chi connectivity index (χ2v) is 5.81. The highest BCUT2D eigenvalue weighted by atomic mass is 127. The van der Waals surface area contributed by atoms with Crippen molar-refractivity contribution in [1.29, 1.82) is 0 Å². The van der Waals surface area contributed by atoms with Crippen molar-refractivity contribution < 1.29 is 23.0 Å². The van der Waals surface area contributed by atoms with Crippen LogP contribution in [0.15, 0.2) is 41.5 Å². The van der Waals surface area contributed by atoms with Crippen LogP contribution in [0.2, 0.25) is 0 Å². The van der Waals surface area contributed by atoms with Gasteiger partial charge in [0.05, 0.1) is 20.3 Å². The maximum absolute atomic E-state index is 12.9. The van der Waals surface area contributed by atoms with Crippen molar-refractivity contribution in [3.63, 3.8) is 0 Å². The van der Waals surface area contributed by atoms with Gasteiger partial charge in [0.15, 0.2) is 17.5 Å². The summed E-state index contributed by atoms with van der Waals surface area (Å²) in [6.07, 6.45) is 1.69. The number of nitrogens with one attached hydrogen (secondary N) is 2. The van der Waals surface area contributed by atoms with E-state index in [0.29, 0.717) is 37.1 Å². The van der Waals surface area contributed by atoms with Crippen molar-refractivity contribution in [2.24, 2.45) is 4.99 Å². The highest BCUT2D eigenvalue weighted by molar-refractivity contribution is 14.0. The van der Waals surface area contributed by atoms with Crippen molar-refractivity contribution in [3.8, 4) is 17.4 Å². The van der Waals surface area contributed by atoms with Crippen LogP contribution in [0, 0.1) is 0 Å². The molecule has 2 N–H and O–H groups in total. The molecule has 10 heteroatoms. The van der Waals surface area contributed by atoms with Gasteiger partial charge in [0.1, 0.15) is 0 Å². The number of guanidine groups is 1. The first-order valence-corrected chi connectivity index (χ1v) is 9.27. The van der Waals surface area contributed by atoms with Crippen molar-refractivity contribution in [2.75, 3.05) is 20.3 Å². The SMILES string of the molecule is CCNC(=NCc1ccc(OC)nc1)NCc1cccc(OCC)c1OC(F)F.I. The molecule has 7 nitrogen and oxygen atoms in total. The first-order valence-electron chi connectivity index (χ1n) is 9.27. The van der Waals surface area contributed by atoms with Gasteiger partial charge < -0.3 is 24.8 Å². The van der Waals surface area contributed by atoms with E-state index in [-0.39, 0.29) is 42.0 Å². The lowest BCUT2D eigenvalue weighted by molar-refractivity contribution is -0.0520. The zero-order valence-electron chi connectivity index (χ0n) is 17.2. The van der Waals surface area contributed by atoms with Gasteiger partial charge in [0.25, 0.3) is 0 Å². The predicted molar refractivity (Wildman–Crippen MR) is 122 cm³/mol. The lowest BCUT2D eigenvalue weighted by Crippen LogP contribution is -2.36. The van der Waals surface area contributed by atoms with Crippen LogP contribution in [0.25, 0.3) is 0 Å². The average molecular weight is 536 g/mol. The van der Waals surface area contributed by atoms with Gasteiger partial charge in [-0.2, -0.15) is 8.78 Å². The number of aliphatic imine (C=N–C) groups is 1. The minimum absolute atomic E-state index is 0. The van der Waals surface area contributed by atoms with E-state index in [4.69, 9.17) is 14.2 Å². The molecule has 0 atom stereocenters. The molecule has 0 unspecified atom stereocenters. The number of hydrogen-bond acceptors (Lipinski definition) is 5. The Kier molecular flexibility index (Phi) is 11.8. The van der Waals surface area contributed by atoms with Crippen LogP contribution in [0.1, 0.15) is 25.0 Å². The Bertz CT molecular complexity index is 792. The Labute approximate surface area is 192 Å². The lowest BCUT2D eigenvalue weighted by atomic mass is 10.2. The summed E-state index contributed by atoms with van der Waals surface area (Å²) in [4.78, 5) is 8.64. The summed E-state index contributed by atoms with van der Waals surface area (Å²) in [6, 6.07) is 8.66. The molecule has 0 saturated carbocycles. The Morgan fingerprint density at radius 3 is 2.57 bits per heavy atom. The summed E-state index contributed by atoms with van der Waals surface area (Å²) in [5.41, 5.74) is 1.44. The quantitative estimate of drug-likeness (QED) is 0.272. The summed E-state index contributed by atoms with van der Waals surface area (Å²) < 4.78 is 40.8. The van der Waals surface area contributed by atoms with Crippen LogP contribution < -0.4 is 24.8 Å². The monoisotopic (exact) mass is 536 g/mol. The molecule has 1 heterocycles. The Morgan fingerprint density at radius 1 is 1.17 bits per heavy atom. The van der Waals surface area contributed by atoms with E-state index in [0.717, 1.165) is 5.56 Å². The second kappa shape index (κ2) is 13.8. The molecular formula is C20H27F2IN4O3. The highest BCUT2D eigenvalue weighted by Crippen LogP contribution is 2.32. The molecule has 0 amide bonds. The molecule has 0 aliphatic heterocycles. The molecule has 166 valence electrons. The third kappa shape index (κ3) is 8.17. The summed E-state index contributed by atoms with van der Waals surface area (Å²) in [7, 11) is 1.56. The second-order valence-electron chi connectivity index (χ2n) is 5.81. The summed E-state index contributed by atoms with van der Waals surface area (Å²) >= 11 is 0. The van der Waals surface area contributed by atoms with E-state index in [2.05, 4.69) is 20.6 Å². The number of alkyl halides is 2. The summed E-state index contributed by atoms with van der Waals surface area (Å²) in [6.45, 7) is 2.39. The molecule has 30 heavy (non-hydrogen) atoms. The van der Waals surface area contributed by atoms with E-state index < -0.39 is 6.61 Å². The van der Waals surface area contributed by atoms with Crippen molar-refractivity contribution in [1.82, 2.24) is 15.6 Å². The van der Waals surface area contributed by atoms with Gasteiger partial charge in [0.2, 0.25) is 5.88 Å². The zero-order valence-corrected chi connectivity index (χ0v) is 19.5. The smallest absolute Gasteiger partial charge is 0.387 e. The minimum atomic E-state index is -2.94. The average Bonchev–Trinajstić information content (AvgIpc) is 2.72. The van der Waals surface area contributed by atoms with Crippen LogP contribution in [0.5, 0.6) is 17.4 Å². The maximum Gasteiger partial charge on any atom is 0.387 e. The molecule has 2 rings (SSSR count). The molecule has 1 aromatic carbocycles. The number of nitrogens with zero attached hydrogens (tertiary/aromatic N) is 2. The highest BCUT2D eigenvalue weighted by Gasteiger charge is 2.16. The van der Waals surface area contributed by atoms with Crippen LogP contribution in [-0.2, 0) is 13.1 Å².